The quantitative estimate of drug-likeness (QED) is 0.558. The topological polar surface area (TPSA) is 127 Å². The van der Waals surface area contributed by atoms with Crippen molar-refractivity contribution in [2.75, 3.05) is 20.2 Å². The molecule has 1 aromatic carbocycles. The Hall–Kier alpha value is -3.61. The van der Waals surface area contributed by atoms with Gasteiger partial charge in [0, 0.05) is 35.8 Å². The van der Waals surface area contributed by atoms with Gasteiger partial charge in [-0.2, -0.15) is 5.26 Å². The second-order valence-corrected chi connectivity index (χ2v) is 9.75. The molecule has 1 aliphatic carbocycles. The number of amides is 3. The Morgan fingerprint density at radius 3 is 2.86 bits per heavy atom. The highest BCUT2D eigenvalue weighted by Crippen LogP contribution is 2.51. The van der Waals surface area contributed by atoms with Crippen molar-refractivity contribution in [3.05, 3.63) is 30.0 Å². The third kappa shape index (κ3) is 4.31. The maximum atomic E-state index is 15.0. The Labute approximate surface area is 202 Å². The largest absolute Gasteiger partial charge is 0.496 e. The summed E-state index contributed by atoms with van der Waals surface area (Å²) in [6.45, 7) is 0.679. The summed E-state index contributed by atoms with van der Waals surface area (Å²) in [6, 6.07) is 7.38. The molecule has 3 unspecified atom stereocenters. The number of hydrogen-bond acceptors (Lipinski definition) is 5. The first-order valence-electron chi connectivity index (χ1n) is 12.0. The summed E-state index contributed by atoms with van der Waals surface area (Å²) in [5, 5.41) is 15.8. The second kappa shape index (κ2) is 8.87. The zero-order valence-corrected chi connectivity index (χ0v) is 19.5. The maximum absolute atomic E-state index is 15.0. The number of nitriles is 1. The van der Waals surface area contributed by atoms with Crippen LogP contribution in [-0.4, -0.2) is 65.6 Å². The molecule has 184 valence electrons. The fourth-order valence-electron chi connectivity index (χ4n) is 5.35. The number of nitrogens with zero attached hydrogens (tertiary/aromatic N) is 2. The highest BCUT2D eigenvalue weighted by Gasteiger charge is 2.56. The lowest BCUT2D eigenvalue weighted by Crippen LogP contribution is -2.49. The van der Waals surface area contributed by atoms with E-state index in [0.29, 0.717) is 37.1 Å². The second-order valence-electron chi connectivity index (χ2n) is 9.75. The number of carbonyl (C=O) groups excluding carboxylic acids is 3. The number of halogens is 1. The molecule has 1 saturated carbocycles. The Kier molecular flexibility index (Phi) is 5.87. The van der Waals surface area contributed by atoms with Gasteiger partial charge >= 0.3 is 0 Å². The van der Waals surface area contributed by atoms with Gasteiger partial charge < -0.3 is 25.3 Å². The number of alkyl halides is 1. The molecule has 9 nitrogen and oxygen atoms in total. The number of aromatic amines is 1. The summed E-state index contributed by atoms with van der Waals surface area (Å²) in [6.07, 6.45) is 1.86. The molecule has 1 aromatic heterocycles. The normalized spacial score (nSPS) is 25.7. The van der Waals surface area contributed by atoms with E-state index in [0.717, 1.165) is 5.39 Å². The summed E-state index contributed by atoms with van der Waals surface area (Å²) in [7, 11) is 1.55. The highest BCUT2D eigenvalue weighted by atomic mass is 19.1. The van der Waals surface area contributed by atoms with E-state index in [1.807, 2.05) is 6.07 Å². The van der Waals surface area contributed by atoms with Gasteiger partial charge in [-0.25, -0.2) is 4.39 Å². The number of fused-ring (bicyclic) bond motifs is 1. The molecular formula is C25H28FN5O4. The van der Waals surface area contributed by atoms with Crippen LogP contribution in [0.15, 0.2) is 24.3 Å². The van der Waals surface area contributed by atoms with Crippen LogP contribution in [0.25, 0.3) is 10.9 Å². The molecule has 2 aromatic rings. The van der Waals surface area contributed by atoms with E-state index in [9.17, 15) is 24.0 Å². The number of aromatic nitrogens is 1. The summed E-state index contributed by atoms with van der Waals surface area (Å²) in [5.41, 5.74) is -0.354. The molecule has 0 radical (unpaired) electrons. The van der Waals surface area contributed by atoms with Gasteiger partial charge in [0.05, 0.1) is 13.2 Å². The molecule has 3 heterocycles. The number of rotatable bonds is 7. The SMILES string of the molecule is COc1cccc2[nH]c(C(=O)N3C[C@H](C4(F)CC4)CC3C(=O)NC(C#N)CC3CCNC3=O)cc12. The number of ether oxygens (including phenoxy) is 1. The van der Waals surface area contributed by atoms with Crippen molar-refractivity contribution < 1.29 is 23.5 Å². The summed E-state index contributed by atoms with van der Waals surface area (Å²) in [5.74, 6) is -1.19. The Bertz CT molecular complexity index is 1220. The third-order valence-electron chi connectivity index (χ3n) is 7.55. The van der Waals surface area contributed by atoms with Crippen molar-refractivity contribution in [2.45, 2.75) is 49.9 Å². The van der Waals surface area contributed by atoms with Crippen LogP contribution in [0.5, 0.6) is 5.75 Å². The lowest BCUT2D eigenvalue weighted by Gasteiger charge is -2.25. The number of likely N-dealkylation sites (tertiary alicyclic amines) is 1. The van der Waals surface area contributed by atoms with Crippen LogP contribution in [0.4, 0.5) is 4.39 Å². The van der Waals surface area contributed by atoms with Crippen LogP contribution in [0, 0.1) is 23.2 Å². The monoisotopic (exact) mass is 481 g/mol. The fourth-order valence-corrected chi connectivity index (χ4v) is 5.35. The summed E-state index contributed by atoms with van der Waals surface area (Å²) in [4.78, 5) is 43.2. The molecule has 2 aliphatic heterocycles. The summed E-state index contributed by atoms with van der Waals surface area (Å²) >= 11 is 0. The van der Waals surface area contributed by atoms with Gasteiger partial charge in [0.25, 0.3) is 5.91 Å². The first-order valence-corrected chi connectivity index (χ1v) is 12.0. The van der Waals surface area contributed by atoms with Crippen molar-refractivity contribution in [3.63, 3.8) is 0 Å². The van der Waals surface area contributed by atoms with Gasteiger partial charge in [0.1, 0.15) is 29.2 Å². The minimum atomic E-state index is -1.35. The van der Waals surface area contributed by atoms with Crippen LogP contribution in [0.2, 0.25) is 0 Å². The lowest BCUT2D eigenvalue weighted by molar-refractivity contribution is -0.126. The van der Waals surface area contributed by atoms with Crippen LogP contribution in [0.1, 0.15) is 42.6 Å². The molecule has 35 heavy (non-hydrogen) atoms. The molecule has 10 heteroatoms. The van der Waals surface area contributed by atoms with E-state index >= 15 is 0 Å². The van der Waals surface area contributed by atoms with Crippen molar-refractivity contribution >= 4 is 28.6 Å². The average Bonchev–Trinajstić information content (AvgIpc) is 3.23. The molecule has 5 rings (SSSR count). The van der Waals surface area contributed by atoms with Gasteiger partial charge in [0.2, 0.25) is 11.8 Å². The number of H-pyrrole nitrogens is 1. The van der Waals surface area contributed by atoms with Gasteiger partial charge in [-0.3, -0.25) is 14.4 Å². The van der Waals surface area contributed by atoms with E-state index in [1.54, 1.807) is 25.3 Å². The fraction of sp³-hybridized carbons (Fsp3) is 0.520. The van der Waals surface area contributed by atoms with Crippen LogP contribution in [-0.2, 0) is 9.59 Å². The van der Waals surface area contributed by atoms with Gasteiger partial charge in [0.15, 0.2) is 0 Å². The van der Waals surface area contributed by atoms with Gasteiger partial charge in [-0.05, 0) is 50.3 Å². The smallest absolute Gasteiger partial charge is 0.270 e. The first-order chi connectivity index (χ1) is 16.8. The lowest BCUT2D eigenvalue weighted by atomic mass is 9.97. The third-order valence-corrected chi connectivity index (χ3v) is 7.55. The molecule has 3 aliphatic rings. The van der Waals surface area contributed by atoms with E-state index in [2.05, 4.69) is 21.7 Å². The Balaban J connectivity index is 1.37. The molecule has 4 atom stereocenters. The molecule has 0 spiro atoms. The Morgan fingerprint density at radius 2 is 2.20 bits per heavy atom. The van der Waals surface area contributed by atoms with E-state index in [4.69, 9.17) is 4.74 Å². The highest BCUT2D eigenvalue weighted by molar-refractivity contribution is 6.01. The van der Waals surface area contributed by atoms with Crippen molar-refractivity contribution in [1.82, 2.24) is 20.5 Å². The Morgan fingerprint density at radius 1 is 1.40 bits per heavy atom. The zero-order valence-electron chi connectivity index (χ0n) is 19.5. The van der Waals surface area contributed by atoms with Crippen molar-refractivity contribution in [3.8, 4) is 11.8 Å². The number of hydrogen-bond donors (Lipinski definition) is 3. The maximum Gasteiger partial charge on any atom is 0.270 e. The van der Waals surface area contributed by atoms with E-state index in [-0.39, 0.29) is 36.9 Å². The van der Waals surface area contributed by atoms with Gasteiger partial charge in [-0.1, -0.05) is 6.07 Å². The molecule has 3 amide bonds. The van der Waals surface area contributed by atoms with Crippen LogP contribution in [0.3, 0.4) is 0 Å². The predicted octanol–water partition coefficient (Wildman–Crippen LogP) is 2.04. The molecule has 2 saturated heterocycles. The van der Waals surface area contributed by atoms with Gasteiger partial charge in [-0.15, -0.1) is 0 Å². The van der Waals surface area contributed by atoms with Crippen LogP contribution < -0.4 is 15.4 Å². The molecular weight excluding hydrogens is 453 g/mol. The number of benzene rings is 1. The molecule has 3 N–H and O–H groups in total. The number of carbonyl (C=O) groups is 3. The summed E-state index contributed by atoms with van der Waals surface area (Å²) < 4.78 is 20.4. The number of methoxy groups -OCH3 is 1. The predicted molar refractivity (Wildman–Crippen MR) is 124 cm³/mol. The van der Waals surface area contributed by atoms with E-state index < -0.39 is 35.5 Å². The number of nitrogens with one attached hydrogen (secondary N) is 3. The first kappa shape index (κ1) is 23.1. The van der Waals surface area contributed by atoms with Crippen molar-refractivity contribution in [2.24, 2.45) is 11.8 Å². The van der Waals surface area contributed by atoms with Crippen LogP contribution >= 0.6 is 0 Å². The standard InChI is InChI=1S/C25H28FN5O4/c1-35-21-4-2-3-18-17(21)11-19(30-18)24(34)31-13-15(25(26)6-7-25)10-20(31)23(33)29-16(12-27)9-14-5-8-28-22(14)32/h2-4,11,14-16,20,30H,5-10,13H2,1H3,(H,28,32)(H,29,33)/t14?,15-,16?,20?/m1/s1. The molecule has 0 bridgehead atoms. The minimum Gasteiger partial charge on any atom is -0.496 e. The zero-order chi connectivity index (χ0) is 24.7. The molecule has 3 fully saturated rings. The van der Waals surface area contributed by atoms with E-state index in [1.165, 1.54) is 4.90 Å². The minimum absolute atomic E-state index is 0.125. The van der Waals surface area contributed by atoms with Crippen molar-refractivity contribution in [1.29, 1.82) is 5.26 Å². The average molecular weight is 482 g/mol.